The normalized spacial score (nSPS) is 15.4. The van der Waals surface area contributed by atoms with Crippen LogP contribution in [0, 0.1) is 0 Å². The number of hydrogen-bond donors (Lipinski definition) is 2. The van der Waals surface area contributed by atoms with Gasteiger partial charge in [-0.3, -0.25) is 5.43 Å². The van der Waals surface area contributed by atoms with Crippen molar-refractivity contribution in [1.29, 1.82) is 0 Å². The van der Waals surface area contributed by atoms with Crippen LogP contribution in [0.3, 0.4) is 0 Å². The van der Waals surface area contributed by atoms with Gasteiger partial charge >= 0.3 is 0 Å². The van der Waals surface area contributed by atoms with Gasteiger partial charge < -0.3 is 14.5 Å². The van der Waals surface area contributed by atoms with Crippen molar-refractivity contribution in [3.63, 3.8) is 0 Å². The van der Waals surface area contributed by atoms with Crippen molar-refractivity contribution in [3.8, 4) is 0 Å². The van der Waals surface area contributed by atoms with Crippen molar-refractivity contribution >= 4 is 17.3 Å². The van der Waals surface area contributed by atoms with Gasteiger partial charge in [0.15, 0.2) is 0 Å². The second-order valence-electron chi connectivity index (χ2n) is 4.40. The molecule has 0 spiro atoms. The number of likely N-dealkylation sites (N-methyl/N-ethyl adjacent to an activating group) is 1. The highest BCUT2D eigenvalue weighted by Crippen LogP contribution is 2.31. The number of nitrogens with two attached hydrogens (primary N) is 1. The highest BCUT2D eigenvalue weighted by molar-refractivity contribution is 5.99. The monoisotopic (exact) mass is 263 g/mol. The Morgan fingerprint density at radius 1 is 1.37 bits per heavy atom. The largest absolute Gasteiger partial charge is 0.383 e. The molecule has 0 radical (unpaired) electrons. The summed E-state index contributed by atoms with van der Waals surface area (Å²) in [7, 11) is 3.75. The van der Waals surface area contributed by atoms with Gasteiger partial charge in [-0.25, -0.2) is 10.8 Å². The summed E-state index contributed by atoms with van der Waals surface area (Å²) in [6.45, 7) is 2.95. The van der Waals surface area contributed by atoms with Gasteiger partial charge in [-0.15, -0.1) is 0 Å². The van der Waals surface area contributed by atoms with E-state index in [0.717, 1.165) is 18.8 Å². The third kappa shape index (κ3) is 2.97. The summed E-state index contributed by atoms with van der Waals surface area (Å²) >= 11 is 0. The molecule has 2 rings (SSSR count). The van der Waals surface area contributed by atoms with Crippen LogP contribution in [0.4, 0.5) is 11.4 Å². The zero-order valence-corrected chi connectivity index (χ0v) is 11.5. The van der Waals surface area contributed by atoms with E-state index < -0.39 is 0 Å². The topological polar surface area (TPSA) is 66.1 Å². The molecule has 0 amide bonds. The van der Waals surface area contributed by atoms with Crippen LogP contribution in [0.5, 0.6) is 0 Å². The summed E-state index contributed by atoms with van der Waals surface area (Å²) in [6.07, 6.45) is 0. The van der Waals surface area contributed by atoms with Crippen molar-refractivity contribution in [3.05, 3.63) is 24.3 Å². The Labute approximate surface area is 113 Å². The molecule has 0 saturated heterocycles. The Kier molecular flexibility index (Phi) is 4.59. The van der Waals surface area contributed by atoms with Crippen LogP contribution in [0.1, 0.15) is 0 Å². The van der Waals surface area contributed by atoms with E-state index in [-0.39, 0.29) is 0 Å². The fraction of sp³-hybridized carbons (Fsp3) is 0.462. The first-order valence-electron chi connectivity index (χ1n) is 6.35. The highest BCUT2D eigenvalue weighted by atomic mass is 16.5. The van der Waals surface area contributed by atoms with Crippen LogP contribution in [0.2, 0.25) is 0 Å². The molecule has 0 unspecified atom stereocenters. The molecule has 0 aromatic heterocycles. The quantitative estimate of drug-likeness (QED) is 0.272. The lowest BCUT2D eigenvalue weighted by Crippen LogP contribution is -2.50. The predicted octanol–water partition coefficient (Wildman–Crippen LogP) is 0.409. The number of rotatable bonds is 3. The van der Waals surface area contributed by atoms with Crippen molar-refractivity contribution in [1.82, 2.24) is 5.43 Å². The van der Waals surface area contributed by atoms with Crippen LogP contribution < -0.4 is 21.1 Å². The average molecular weight is 263 g/mol. The molecule has 0 bridgehead atoms. The molecule has 1 aliphatic rings. The van der Waals surface area contributed by atoms with E-state index in [2.05, 4.69) is 39.4 Å². The number of ether oxygens (including phenoxy) is 1. The number of anilines is 2. The molecular formula is C13H21N5O. The van der Waals surface area contributed by atoms with Crippen LogP contribution in [-0.2, 0) is 4.74 Å². The molecule has 6 nitrogen and oxygen atoms in total. The minimum absolute atomic E-state index is 0.584. The summed E-state index contributed by atoms with van der Waals surface area (Å²) in [4.78, 5) is 8.78. The number of fused-ring (bicyclic) bond motifs is 1. The first-order chi connectivity index (χ1) is 9.27. The fourth-order valence-corrected chi connectivity index (χ4v) is 2.18. The number of nitrogens with one attached hydrogen (secondary N) is 1. The standard InChI is InChI=1S/C13H21N5O/c1-17-8-9-18(12-6-4-3-5-11(12)17)13(16-14)15-7-10-19-2/h3-6H,7-10,14H2,1-2H3,(H,15,16). The zero-order valence-electron chi connectivity index (χ0n) is 11.5. The smallest absolute Gasteiger partial charge is 0.213 e. The summed E-state index contributed by atoms with van der Waals surface area (Å²) in [5.74, 6) is 6.28. The van der Waals surface area contributed by atoms with E-state index in [1.165, 1.54) is 5.69 Å². The van der Waals surface area contributed by atoms with E-state index >= 15 is 0 Å². The third-order valence-electron chi connectivity index (χ3n) is 3.18. The molecule has 0 aliphatic carbocycles. The van der Waals surface area contributed by atoms with Crippen molar-refractivity contribution in [2.45, 2.75) is 0 Å². The van der Waals surface area contributed by atoms with Crippen molar-refractivity contribution in [2.24, 2.45) is 10.8 Å². The second kappa shape index (κ2) is 6.40. The van der Waals surface area contributed by atoms with Gasteiger partial charge in [-0.05, 0) is 12.1 Å². The molecule has 1 aromatic rings. The number of nitrogens with zero attached hydrogens (tertiary/aromatic N) is 3. The number of benzene rings is 1. The lowest BCUT2D eigenvalue weighted by molar-refractivity contribution is 0.208. The SMILES string of the molecule is COCCN=C(NN)N1CCN(C)c2ccccc21. The Morgan fingerprint density at radius 3 is 2.79 bits per heavy atom. The molecular weight excluding hydrogens is 242 g/mol. The van der Waals surface area contributed by atoms with Gasteiger partial charge in [0.05, 0.1) is 24.5 Å². The minimum Gasteiger partial charge on any atom is -0.383 e. The maximum absolute atomic E-state index is 5.60. The Morgan fingerprint density at radius 2 is 2.11 bits per heavy atom. The van der Waals surface area contributed by atoms with Crippen LogP contribution in [0.15, 0.2) is 29.3 Å². The van der Waals surface area contributed by atoms with Crippen molar-refractivity contribution < 1.29 is 4.74 Å². The van der Waals surface area contributed by atoms with Crippen molar-refractivity contribution in [2.75, 3.05) is 50.2 Å². The lowest BCUT2D eigenvalue weighted by Gasteiger charge is -2.36. The first-order valence-corrected chi connectivity index (χ1v) is 6.35. The Bertz CT molecular complexity index is 448. The van der Waals surface area contributed by atoms with E-state index in [0.29, 0.717) is 19.1 Å². The molecule has 0 saturated carbocycles. The Hall–Kier alpha value is -1.79. The molecule has 0 atom stereocenters. The third-order valence-corrected chi connectivity index (χ3v) is 3.18. The number of aliphatic imine (C=N–C) groups is 1. The van der Waals surface area contributed by atoms with Crippen LogP contribution in [-0.4, -0.2) is 46.4 Å². The molecule has 6 heteroatoms. The predicted molar refractivity (Wildman–Crippen MR) is 78.6 cm³/mol. The molecule has 104 valence electrons. The van der Waals surface area contributed by atoms with Gasteiger partial charge in [0.1, 0.15) is 0 Å². The maximum Gasteiger partial charge on any atom is 0.213 e. The van der Waals surface area contributed by atoms with Gasteiger partial charge in [0.2, 0.25) is 5.96 Å². The van der Waals surface area contributed by atoms with Gasteiger partial charge in [-0.1, -0.05) is 12.1 Å². The fourth-order valence-electron chi connectivity index (χ4n) is 2.18. The molecule has 3 N–H and O–H groups in total. The summed E-state index contributed by atoms with van der Waals surface area (Å²) in [5.41, 5.74) is 4.99. The van der Waals surface area contributed by atoms with E-state index in [4.69, 9.17) is 10.6 Å². The molecule has 1 aromatic carbocycles. The average Bonchev–Trinajstić information content (AvgIpc) is 2.45. The number of guanidine groups is 1. The maximum atomic E-state index is 5.60. The van der Waals surface area contributed by atoms with E-state index in [1.807, 2.05) is 12.1 Å². The highest BCUT2D eigenvalue weighted by Gasteiger charge is 2.22. The van der Waals surface area contributed by atoms with E-state index in [1.54, 1.807) is 7.11 Å². The van der Waals surface area contributed by atoms with Gasteiger partial charge in [0.25, 0.3) is 0 Å². The molecule has 19 heavy (non-hydrogen) atoms. The van der Waals surface area contributed by atoms with Gasteiger partial charge in [-0.2, -0.15) is 0 Å². The molecule has 0 fully saturated rings. The van der Waals surface area contributed by atoms with Crippen LogP contribution >= 0.6 is 0 Å². The number of hydrogen-bond acceptors (Lipinski definition) is 4. The number of para-hydroxylation sites is 2. The molecule has 1 heterocycles. The summed E-state index contributed by atoms with van der Waals surface area (Å²) in [5, 5.41) is 0. The van der Waals surface area contributed by atoms with E-state index in [9.17, 15) is 0 Å². The summed E-state index contributed by atoms with van der Waals surface area (Å²) < 4.78 is 5.01. The Balaban J connectivity index is 2.25. The number of hydrazine groups is 1. The number of methoxy groups -OCH3 is 1. The first kappa shape index (κ1) is 13.6. The minimum atomic E-state index is 0.584. The summed E-state index contributed by atoms with van der Waals surface area (Å²) in [6, 6.07) is 8.24. The van der Waals surface area contributed by atoms with Gasteiger partial charge in [0, 0.05) is 27.2 Å². The zero-order chi connectivity index (χ0) is 13.7. The molecule has 1 aliphatic heterocycles. The second-order valence-corrected chi connectivity index (χ2v) is 4.40. The van der Waals surface area contributed by atoms with Crippen LogP contribution in [0.25, 0.3) is 0 Å². The lowest BCUT2D eigenvalue weighted by atomic mass is 10.2.